The molecule has 19 N–H and O–H groups in total. The average Bonchev–Trinajstić information content (AvgIpc) is 1.63. The molecule has 0 spiro atoms. The van der Waals surface area contributed by atoms with Crippen molar-refractivity contribution in [1.82, 2.24) is 83.4 Å². The van der Waals surface area contributed by atoms with E-state index in [2.05, 4.69) is 70.5 Å². The van der Waals surface area contributed by atoms with Crippen LogP contribution in [0.3, 0.4) is 0 Å². The van der Waals surface area contributed by atoms with Crippen molar-refractivity contribution in [2.24, 2.45) is 11.8 Å². The van der Waals surface area contributed by atoms with Crippen LogP contribution in [0.2, 0.25) is 0 Å². The van der Waals surface area contributed by atoms with Gasteiger partial charge in [-0.05, 0) is 13.8 Å². The number of aldehydes is 2. The summed E-state index contributed by atoms with van der Waals surface area (Å²) >= 11 is 0. The number of fused-ring (bicyclic) bond motifs is 3. The second kappa shape index (κ2) is 32.5. The number of imidazole rings is 3. The van der Waals surface area contributed by atoms with Gasteiger partial charge in [0, 0.05) is 19.4 Å². The van der Waals surface area contributed by atoms with Gasteiger partial charge < -0.3 is 102 Å². The van der Waals surface area contributed by atoms with Crippen molar-refractivity contribution in [3.05, 3.63) is 54.9 Å². The lowest BCUT2D eigenvalue weighted by Gasteiger charge is -2.16. The molecular weight excluding hydrogens is 1220 g/mol. The zero-order valence-corrected chi connectivity index (χ0v) is 46.3. The van der Waals surface area contributed by atoms with E-state index in [1.54, 1.807) is 13.8 Å². The summed E-state index contributed by atoms with van der Waals surface area (Å²) in [5, 5.41) is 98.6. The first-order chi connectivity index (χ1) is 42.2. The monoisotopic (exact) mass is 1300 g/mol. The van der Waals surface area contributed by atoms with Gasteiger partial charge in [0.05, 0.1) is 75.5 Å². The largest absolute Gasteiger partial charge is 0.465 e. The SMILES string of the molecule is C.C.C.C.CCOC(=O)C(C=O)C=O.CCOC(=O)c1cnn(-c2nc(N)c3ncn(C4O[C@H](CO)[C@@H](O)C4O)c3n2)c1.CNC(=O)c1cnn(-c2nc(N)c3ncn(C4O[C@H](CO)[C@@H](O)C4O)c3n2)c1.NNc1nc(N)c2ncn(C3O[C@H](CO)[C@@H](O)C3O)c2n1. The molecule has 0 aliphatic carbocycles. The first-order valence-electron chi connectivity index (χ1n) is 26.1. The van der Waals surface area contributed by atoms with Crippen molar-refractivity contribution in [3.63, 3.8) is 0 Å². The first-order valence-corrected chi connectivity index (χ1v) is 26.1. The van der Waals surface area contributed by atoms with E-state index in [4.69, 9.17) is 47.1 Å². The average molecular weight is 1300 g/mol. The van der Waals surface area contributed by atoms with Crippen LogP contribution in [0.25, 0.3) is 45.4 Å². The van der Waals surface area contributed by atoms with Gasteiger partial charge in [-0.15, -0.1) is 0 Å². The fourth-order valence-corrected chi connectivity index (χ4v) is 8.78. The number of amides is 1. The van der Waals surface area contributed by atoms with Gasteiger partial charge in [-0.1, -0.05) is 29.7 Å². The Labute approximate surface area is 521 Å². The summed E-state index contributed by atoms with van der Waals surface area (Å²) in [6.45, 7) is 2.35. The minimum atomic E-state index is -1.32. The standard InChI is InChI=1S/C16H19N7O6.C15H18N8O5.C10H15N7O4.C6H8O4.4CH4/c1-2-28-15(27)7-3-19-23(4-7)16-20-12(17)9-13(21-16)22(6-18-9)14-11(26)10(25)8(5-24)29-14;1-17-13(27)6-2-19-23(3-6)15-20-11(16)8-12(21-15)22(5-18-8)14-10(26)9(25)7(4-24)28-14;11-7-4-8(15-10(14-7)16-12)17(2-13-4)9-6(20)5(19)3(1-18)21-9;1-2-10-6(9)5(3-7)4-8;;;;/h3-4,6,8,10-11,14,24-26H,2,5H2,1H3,(H2,17,20,21);2-3,5,7,9-10,14,24-26H,4H2,1H3,(H,17,27)(H2,16,20,21);2-3,5-6,9,18-20H,1,12H2,(H3,11,14,15,16);3-5H,2H2,1H3;4*1H4/t8-,10-,11?,14?;7-,9-,10?,14?;3-,5-,6?,9?;;;;;/m111...../s1. The number of hydrogen-bond donors (Lipinski definition) is 15. The lowest BCUT2D eigenvalue weighted by Crippen LogP contribution is -2.33. The number of nitrogens with zero attached hydrogens (tertiary/aromatic N) is 16. The molecule has 41 heteroatoms. The molecule has 0 radical (unpaired) electrons. The number of anilines is 4. The number of aromatic nitrogens is 16. The second-order valence-corrected chi connectivity index (χ2v) is 18.7. The third-order valence-corrected chi connectivity index (χ3v) is 13.3. The van der Waals surface area contributed by atoms with Gasteiger partial charge in [0.1, 0.15) is 84.1 Å². The lowest BCUT2D eigenvalue weighted by molar-refractivity contribution is -0.150. The molecule has 3 saturated heterocycles. The van der Waals surface area contributed by atoms with Crippen LogP contribution in [0.5, 0.6) is 0 Å². The highest BCUT2D eigenvalue weighted by Gasteiger charge is 2.46. The zero-order chi connectivity index (χ0) is 63.8. The number of hydrogen-bond acceptors (Lipinski definition) is 35. The molecule has 41 nitrogen and oxygen atoms in total. The number of aliphatic hydroxyl groups excluding tert-OH is 9. The van der Waals surface area contributed by atoms with Crippen LogP contribution in [-0.2, 0) is 38.1 Å². The Hall–Kier alpha value is -9.50. The van der Waals surface area contributed by atoms with Crippen LogP contribution in [0.1, 0.15) is 83.0 Å². The van der Waals surface area contributed by atoms with Crippen molar-refractivity contribution < 1.29 is 93.6 Å². The molecule has 1 amide bonds. The van der Waals surface area contributed by atoms with Crippen molar-refractivity contribution in [2.45, 2.75) is 117 Å². The number of rotatable bonds is 16. The number of esters is 2. The molecular formula is C51H76N22O19. The molecule has 0 aromatic carbocycles. The third-order valence-electron chi connectivity index (χ3n) is 13.3. The van der Waals surface area contributed by atoms with E-state index < -0.39 is 111 Å². The fourth-order valence-electron chi connectivity index (χ4n) is 8.78. The highest BCUT2D eigenvalue weighted by atomic mass is 16.6. The molecule has 8 aromatic rings. The number of hydrazine groups is 1. The molecule has 11 heterocycles. The predicted octanol–water partition coefficient (Wildman–Crippen LogP) is -4.64. The summed E-state index contributed by atoms with van der Waals surface area (Å²) in [7, 11) is 1.50. The van der Waals surface area contributed by atoms with Crippen molar-refractivity contribution in [2.75, 3.05) is 62.7 Å². The van der Waals surface area contributed by atoms with Crippen LogP contribution in [0, 0.1) is 5.92 Å². The number of nitrogen functional groups attached to an aromatic ring is 4. The molecule has 11 rings (SSSR count). The van der Waals surface area contributed by atoms with Crippen LogP contribution >= 0.6 is 0 Å². The van der Waals surface area contributed by atoms with Crippen molar-refractivity contribution in [3.8, 4) is 11.9 Å². The Morgan fingerprint density at radius 3 is 1.29 bits per heavy atom. The first kappa shape index (κ1) is 75.0. The molecule has 0 bridgehead atoms. The van der Waals surface area contributed by atoms with Gasteiger partial charge in [0.15, 0.2) is 59.0 Å². The predicted molar refractivity (Wildman–Crippen MR) is 319 cm³/mol. The molecule has 0 saturated carbocycles. The van der Waals surface area contributed by atoms with Crippen LogP contribution < -0.4 is 33.8 Å². The molecule has 6 unspecified atom stereocenters. The van der Waals surface area contributed by atoms with Gasteiger partial charge in [-0.3, -0.25) is 28.7 Å². The summed E-state index contributed by atoms with van der Waals surface area (Å²) < 4.78 is 32.5. The Kier molecular flexibility index (Phi) is 26.5. The summed E-state index contributed by atoms with van der Waals surface area (Å²) in [6, 6.07) is 0. The molecule has 92 heavy (non-hydrogen) atoms. The van der Waals surface area contributed by atoms with Crippen LogP contribution in [0.15, 0.2) is 43.8 Å². The molecule has 504 valence electrons. The molecule has 8 aromatic heterocycles. The van der Waals surface area contributed by atoms with E-state index in [0.717, 1.165) is 0 Å². The summed E-state index contributed by atoms with van der Waals surface area (Å²) in [5.74, 6) is 2.79. The van der Waals surface area contributed by atoms with E-state index in [1.807, 2.05) is 0 Å². The minimum Gasteiger partial charge on any atom is -0.465 e. The van der Waals surface area contributed by atoms with Crippen LogP contribution in [0.4, 0.5) is 23.4 Å². The normalized spacial score (nSPS) is 22.8. The highest BCUT2D eigenvalue weighted by Crippen LogP contribution is 2.35. The van der Waals surface area contributed by atoms with E-state index in [0.29, 0.717) is 11.1 Å². The maximum atomic E-state index is 11.8. The number of carbonyl (C=O) groups is 5. The Morgan fingerprint density at radius 1 is 0.576 bits per heavy atom. The quantitative estimate of drug-likeness (QED) is 0.0142. The van der Waals surface area contributed by atoms with E-state index >= 15 is 0 Å². The van der Waals surface area contributed by atoms with Gasteiger partial charge in [-0.2, -0.15) is 40.1 Å². The summed E-state index contributed by atoms with van der Waals surface area (Å²) in [4.78, 5) is 91.3. The summed E-state index contributed by atoms with van der Waals surface area (Å²) in [5.41, 5.74) is 22.1. The molecule has 3 aliphatic heterocycles. The minimum absolute atomic E-state index is 0. The number of aliphatic hydroxyl groups is 9. The fraction of sp³-hybridized carbons (Fsp3) is 0.490. The molecule has 12 atom stereocenters. The van der Waals surface area contributed by atoms with E-state index in [1.165, 1.54) is 73.9 Å². The molecule has 3 aliphatic rings. The van der Waals surface area contributed by atoms with Gasteiger partial charge in [-0.25, -0.2) is 35.0 Å². The zero-order valence-electron chi connectivity index (χ0n) is 46.3. The number of nitrogens with one attached hydrogen (secondary N) is 2. The smallest absolute Gasteiger partial charge is 0.341 e. The molecule has 3 fully saturated rings. The number of nitrogens with two attached hydrogens (primary N) is 4. The Morgan fingerprint density at radius 2 is 0.946 bits per heavy atom. The van der Waals surface area contributed by atoms with Crippen molar-refractivity contribution in [1.29, 1.82) is 0 Å². The van der Waals surface area contributed by atoms with Crippen molar-refractivity contribution >= 4 is 87.3 Å². The topological polar surface area (TPSA) is 608 Å². The lowest BCUT2D eigenvalue weighted by atomic mass is 10.1. The number of carbonyl (C=O) groups excluding carboxylic acids is 5. The Balaban J connectivity index is 0.000000271. The number of ether oxygens (including phenoxy) is 5. The summed E-state index contributed by atoms with van der Waals surface area (Å²) in [6.07, 6.45) is -3.41. The Bertz CT molecular complexity index is 3760. The van der Waals surface area contributed by atoms with Gasteiger partial charge in [0.25, 0.3) is 17.8 Å². The van der Waals surface area contributed by atoms with Crippen LogP contribution in [-0.4, -0.2) is 250 Å². The third kappa shape index (κ3) is 15.1. The van der Waals surface area contributed by atoms with Gasteiger partial charge >= 0.3 is 11.9 Å². The highest BCUT2D eigenvalue weighted by molar-refractivity contribution is 6.02. The maximum absolute atomic E-state index is 11.8. The van der Waals surface area contributed by atoms with E-state index in [-0.39, 0.29) is 130 Å². The maximum Gasteiger partial charge on any atom is 0.341 e. The van der Waals surface area contributed by atoms with E-state index in [9.17, 15) is 64.8 Å². The van der Waals surface area contributed by atoms with Gasteiger partial charge in [0.2, 0.25) is 5.95 Å². The second-order valence-electron chi connectivity index (χ2n) is 18.7.